The number of hydrogen-bond donors (Lipinski definition) is 0. The summed E-state index contributed by atoms with van der Waals surface area (Å²) in [5, 5.41) is 32.6. The maximum Gasteiger partial charge on any atom is -0.00139 e. The van der Waals surface area contributed by atoms with Crippen LogP contribution in [0.4, 0.5) is 0 Å². The maximum absolute atomic E-state index is 2.49. The summed E-state index contributed by atoms with van der Waals surface area (Å²) < 4.78 is 0. The smallest absolute Gasteiger partial charge is 0.00139 e. The van der Waals surface area contributed by atoms with Crippen LogP contribution < -0.4 is 0 Å². The predicted octanol–water partition coefficient (Wildman–Crippen LogP) is 14.1. The lowest BCUT2D eigenvalue weighted by molar-refractivity contribution is 1.48. The number of rotatable bonds is 1. The minimum absolute atomic E-state index is 1.26. The van der Waals surface area contributed by atoms with E-state index in [-0.39, 0.29) is 0 Å². The van der Waals surface area contributed by atoms with Crippen molar-refractivity contribution in [2.24, 2.45) is 0 Å². The molecule has 0 spiro atoms. The highest BCUT2D eigenvalue weighted by Crippen LogP contribution is 2.49. The average Bonchev–Trinajstić information content (AvgIpc) is 3.83. The highest BCUT2D eigenvalue weighted by molar-refractivity contribution is 6.43. The lowest BCUT2D eigenvalue weighted by Gasteiger charge is -2.15. The van der Waals surface area contributed by atoms with Crippen LogP contribution in [0.1, 0.15) is 0 Å². The molecule has 0 saturated heterocycles. The van der Waals surface area contributed by atoms with Crippen LogP contribution in [0.2, 0.25) is 0 Å². The minimum Gasteiger partial charge on any atom is -0.0622 e. The van der Waals surface area contributed by atoms with Gasteiger partial charge in [-0.3, -0.25) is 0 Å². The minimum atomic E-state index is 1.26. The fourth-order valence-corrected chi connectivity index (χ4v) is 10.7. The van der Waals surface area contributed by atoms with Crippen molar-refractivity contribution in [3.63, 3.8) is 0 Å². The molecule has 1 aliphatic carbocycles. The van der Waals surface area contributed by atoms with Gasteiger partial charge in [0.15, 0.2) is 0 Å². The Labute approximate surface area is 296 Å². The highest BCUT2D eigenvalue weighted by atomic mass is 14.2. The summed E-state index contributed by atoms with van der Waals surface area (Å²) in [6, 6.07) is 60.2. The first-order chi connectivity index (χ1) is 25.8. The van der Waals surface area contributed by atoms with Crippen molar-refractivity contribution < 1.29 is 0 Å². The third-order valence-corrected chi connectivity index (χ3v) is 12.8. The Morgan fingerprint density at radius 2 is 0.673 bits per heavy atom. The van der Waals surface area contributed by atoms with Gasteiger partial charge in [0.1, 0.15) is 0 Å². The maximum atomic E-state index is 2.49. The van der Waals surface area contributed by atoms with E-state index in [9.17, 15) is 0 Å². The number of fused-ring (bicyclic) bond motifs is 11. The first kappa shape index (κ1) is 26.1. The molecule has 13 aromatic rings. The van der Waals surface area contributed by atoms with Gasteiger partial charge in [-0.15, -0.1) is 0 Å². The molecule has 13 aromatic carbocycles. The van der Waals surface area contributed by atoms with Crippen molar-refractivity contribution in [1.82, 2.24) is 0 Å². The summed E-state index contributed by atoms with van der Waals surface area (Å²) in [4.78, 5) is 0. The lowest BCUT2D eigenvalue weighted by Crippen LogP contribution is -1.88. The van der Waals surface area contributed by atoms with Gasteiger partial charge in [0, 0.05) is 0 Å². The van der Waals surface area contributed by atoms with E-state index in [2.05, 4.69) is 158 Å². The number of benzene rings is 11. The van der Waals surface area contributed by atoms with E-state index in [0.717, 1.165) is 0 Å². The summed E-state index contributed by atoms with van der Waals surface area (Å²) >= 11 is 0. The molecule has 0 saturated carbocycles. The van der Waals surface area contributed by atoms with E-state index in [1.807, 2.05) is 0 Å². The molecule has 0 atom stereocenters. The standard InChI is InChI=1S/C52H26/c1-2-7-27(8-3-1)28-13-14-32-35-15-16-36-38-18-21-41-45-24-29-25-47-31-10-5-4-9-30(31)33-11-6-12-34(48(33)47)43(29)26-46(45)42-22-19-39(51(38)52(41)42)37-17-20-40(44(32)23-28)49(35)50(36)37/h1-26H. The third-order valence-electron chi connectivity index (χ3n) is 12.8. The zero-order chi connectivity index (χ0) is 33.4. The van der Waals surface area contributed by atoms with Crippen LogP contribution >= 0.6 is 0 Å². The SMILES string of the molecule is c1ccc(-c2ccc3c(c2)=c2ccc4c5ccc6c7cc8c(cc7c7ccc(c9ccc=3c2c94)c5c76)cc2c3ccccc3c3cccc8c32)cc1. The fourth-order valence-electron chi connectivity index (χ4n) is 10.7. The van der Waals surface area contributed by atoms with E-state index >= 15 is 0 Å². The second kappa shape index (κ2) is 8.75. The fraction of sp³-hybridized carbons (Fsp3) is 0. The van der Waals surface area contributed by atoms with Gasteiger partial charge in [-0.05, 0) is 164 Å². The lowest BCUT2D eigenvalue weighted by atomic mass is 9.88. The predicted molar refractivity (Wildman–Crippen MR) is 222 cm³/mol. The first-order valence-corrected chi connectivity index (χ1v) is 18.3. The van der Waals surface area contributed by atoms with Gasteiger partial charge in [0.05, 0.1) is 0 Å². The van der Waals surface area contributed by atoms with Crippen molar-refractivity contribution in [3.05, 3.63) is 179 Å². The summed E-state index contributed by atoms with van der Waals surface area (Å²) in [5.74, 6) is 0. The Hall–Kier alpha value is -6.76. The molecule has 0 amide bonds. The van der Waals surface area contributed by atoms with Crippen molar-refractivity contribution >= 4 is 108 Å². The first-order valence-electron chi connectivity index (χ1n) is 18.3. The van der Waals surface area contributed by atoms with Gasteiger partial charge in [-0.2, -0.15) is 0 Å². The molecule has 0 unspecified atom stereocenters. The molecule has 0 fully saturated rings. The van der Waals surface area contributed by atoms with Crippen LogP contribution in [-0.4, -0.2) is 0 Å². The molecule has 52 heavy (non-hydrogen) atoms. The van der Waals surface area contributed by atoms with Crippen LogP contribution in [0.25, 0.3) is 119 Å². The molecule has 0 heterocycles. The van der Waals surface area contributed by atoms with Crippen LogP contribution in [0.15, 0.2) is 158 Å². The van der Waals surface area contributed by atoms with Gasteiger partial charge >= 0.3 is 0 Å². The Morgan fingerprint density at radius 3 is 1.38 bits per heavy atom. The molecular weight excluding hydrogens is 625 g/mol. The van der Waals surface area contributed by atoms with Gasteiger partial charge in [0.25, 0.3) is 0 Å². The van der Waals surface area contributed by atoms with E-state index in [0.29, 0.717) is 0 Å². The average molecular weight is 651 g/mol. The molecule has 0 aromatic heterocycles. The Kier molecular flexibility index (Phi) is 4.39. The molecule has 0 heteroatoms. The van der Waals surface area contributed by atoms with Crippen LogP contribution in [0, 0.1) is 20.9 Å². The largest absolute Gasteiger partial charge is 0.0622 e. The Bertz CT molecular complexity index is 3930. The summed E-state index contributed by atoms with van der Waals surface area (Å²) in [6.45, 7) is 0. The van der Waals surface area contributed by atoms with E-state index in [1.165, 1.54) is 140 Å². The normalized spacial score (nSPS) is 13.0. The molecule has 0 N–H and O–H groups in total. The summed E-state index contributed by atoms with van der Waals surface area (Å²) in [6.07, 6.45) is 0. The summed E-state index contributed by atoms with van der Waals surface area (Å²) in [7, 11) is 0. The molecule has 0 aliphatic heterocycles. The highest BCUT2D eigenvalue weighted by Gasteiger charge is 2.22. The van der Waals surface area contributed by atoms with Gasteiger partial charge in [-0.1, -0.05) is 133 Å². The zero-order valence-corrected chi connectivity index (χ0v) is 28.0. The van der Waals surface area contributed by atoms with Gasteiger partial charge < -0.3 is 0 Å². The van der Waals surface area contributed by atoms with Gasteiger partial charge in [0.2, 0.25) is 0 Å². The van der Waals surface area contributed by atoms with E-state index in [4.69, 9.17) is 0 Å². The summed E-state index contributed by atoms with van der Waals surface area (Å²) in [5.41, 5.74) is 2.53. The second-order valence-electron chi connectivity index (χ2n) is 15.1. The van der Waals surface area contributed by atoms with Crippen LogP contribution in [0.5, 0.6) is 0 Å². The molecule has 0 nitrogen and oxygen atoms in total. The van der Waals surface area contributed by atoms with Crippen LogP contribution in [0.3, 0.4) is 0 Å². The molecule has 14 rings (SSSR count). The molecule has 0 radical (unpaired) electrons. The van der Waals surface area contributed by atoms with Crippen molar-refractivity contribution in [2.45, 2.75) is 0 Å². The topological polar surface area (TPSA) is 0 Å². The Morgan fingerprint density at radius 1 is 0.192 bits per heavy atom. The molecule has 234 valence electrons. The third kappa shape index (κ3) is 2.90. The number of hydrogen-bond acceptors (Lipinski definition) is 0. The van der Waals surface area contributed by atoms with Gasteiger partial charge in [-0.25, -0.2) is 0 Å². The van der Waals surface area contributed by atoms with Crippen molar-refractivity contribution in [2.75, 3.05) is 0 Å². The molecular formula is C52H26. The van der Waals surface area contributed by atoms with Crippen LogP contribution in [-0.2, 0) is 0 Å². The molecule has 0 bridgehead atoms. The van der Waals surface area contributed by atoms with E-state index in [1.54, 1.807) is 0 Å². The van der Waals surface area contributed by atoms with E-state index < -0.39 is 0 Å². The van der Waals surface area contributed by atoms with Crippen molar-refractivity contribution in [3.8, 4) is 11.1 Å². The quantitative estimate of drug-likeness (QED) is 0.123. The molecule has 1 aliphatic rings. The van der Waals surface area contributed by atoms with Crippen molar-refractivity contribution in [1.29, 1.82) is 0 Å². The zero-order valence-electron chi connectivity index (χ0n) is 28.0. The second-order valence-corrected chi connectivity index (χ2v) is 15.1. The Balaban J connectivity index is 1.11. The monoisotopic (exact) mass is 650 g/mol.